The van der Waals surface area contributed by atoms with Crippen LogP contribution < -0.4 is 4.72 Å². The second-order valence-corrected chi connectivity index (χ2v) is 9.63. The summed E-state index contributed by atoms with van der Waals surface area (Å²) in [5.41, 5.74) is 2.21. The van der Waals surface area contributed by atoms with Crippen molar-refractivity contribution in [3.05, 3.63) is 47.4 Å². The third-order valence-electron chi connectivity index (χ3n) is 5.82. The summed E-state index contributed by atoms with van der Waals surface area (Å²) in [6.45, 7) is -0.724. The molecule has 6 nitrogen and oxygen atoms in total. The van der Waals surface area contributed by atoms with E-state index >= 15 is 0 Å². The third-order valence-corrected chi connectivity index (χ3v) is 7.32. The lowest BCUT2D eigenvalue weighted by Crippen LogP contribution is -2.37. The van der Waals surface area contributed by atoms with Crippen LogP contribution in [-0.2, 0) is 10.0 Å². The Morgan fingerprint density at radius 2 is 2.00 bits per heavy atom. The number of rotatable bonds is 7. The van der Waals surface area contributed by atoms with Gasteiger partial charge in [-0.05, 0) is 56.0 Å². The molecule has 2 aromatic heterocycles. The predicted molar refractivity (Wildman–Crippen MR) is 114 cm³/mol. The Bertz CT molecular complexity index is 1310. The van der Waals surface area contributed by atoms with Gasteiger partial charge in [-0.15, -0.1) is 0 Å². The predicted octanol–water partition coefficient (Wildman–Crippen LogP) is 4.33. The Morgan fingerprint density at radius 1 is 1.28 bits per heavy atom. The molecule has 1 aromatic carbocycles. The molecule has 3 aromatic rings. The van der Waals surface area contributed by atoms with Gasteiger partial charge in [-0.2, -0.15) is 5.26 Å². The van der Waals surface area contributed by atoms with Gasteiger partial charge in [0.25, 0.3) is 0 Å². The second kappa shape index (κ2) is 8.56. The fourth-order valence-corrected chi connectivity index (χ4v) is 5.04. The molecule has 1 aliphatic rings. The van der Waals surface area contributed by atoms with Crippen molar-refractivity contribution in [1.82, 2.24) is 14.3 Å². The highest BCUT2D eigenvalue weighted by Gasteiger charge is 2.29. The van der Waals surface area contributed by atoms with Crippen molar-refractivity contribution in [3.8, 4) is 17.5 Å². The topological polar surface area (TPSA) is 87.8 Å². The van der Waals surface area contributed by atoms with Gasteiger partial charge in [0.15, 0.2) is 0 Å². The van der Waals surface area contributed by atoms with E-state index in [0.29, 0.717) is 33.4 Å². The zero-order chi connectivity index (χ0) is 23.0. The van der Waals surface area contributed by atoms with Crippen LogP contribution in [0.5, 0.6) is 0 Å². The van der Waals surface area contributed by atoms with Crippen molar-refractivity contribution >= 4 is 20.9 Å². The maximum absolute atomic E-state index is 14.4. The fourth-order valence-electron chi connectivity index (χ4n) is 3.90. The van der Waals surface area contributed by atoms with Crippen LogP contribution >= 0.6 is 0 Å². The first kappa shape index (κ1) is 22.3. The maximum atomic E-state index is 14.4. The highest BCUT2D eigenvalue weighted by Crippen LogP contribution is 2.42. The van der Waals surface area contributed by atoms with Crippen molar-refractivity contribution in [2.45, 2.75) is 43.2 Å². The number of aromatic nitrogens is 2. The molecule has 1 aliphatic carbocycles. The van der Waals surface area contributed by atoms with E-state index in [1.165, 1.54) is 18.2 Å². The summed E-state index contributed by atoms with van der Waals surface area (Å²) >= 11 is 0. The number of nitrogens with zero attached hydrogens (tertiary/aromatic N) is 3. The lowest BCUT2D eigenvalue weighted by atomic mass is 9.92. The van der Waals surface area contributed by atoms with Crippen LogP contribution in [0.25, 0.3) is 22.3 Å². The molecule has 10 heteroatoms. The first-order valence-corrected chi connectivity index (χ1v) is 11.6. The van der Waals surface area contributed by atoms with Crippen molar-refractivity contribution in [1.29, 1.82) is 5.26 Å². The summed E-state index contributed by atoms with van der Waals surface area (Å²) in [4.78, 5) is 4.00. The van der Waals surface area contributed by atoms with Crippen LogP contribution in [-0.4, -0.2) is 37.4 Å². The molecule has 168 valence electrons. The molecule has 1 saturated carbocycles. The number of halogens is 3. The Kier molecular flexibility index (Phi) is 5.97. The Morgan fingerprint density at radius 3 is 2.53 bits per heavy atom. The first-order valence-electron chi connectivity index (χ1n) is 10.2. The average Bonchev–Trinajstić information content (AvgIpc) is 3.04. The van der Waals surface area contributed by atoms with Gasteiger partial charge in [0.1, 0.15) is 30.1 Å². The lowest BCUT2D eigenvalue weighted by molar-refractivity contribution is 0.323. The van der Waals surface area contributed by atoms with Gasteiger partial charge in [0, 0.05) is 17.6 Å². The fraction of sp³-hybridized carbons (Fsp3) is 0.364. The zero-order valence-electron chi connectivity index (χ0n) is 17.3. The normalized spacial score (nSPS) is 14.6. The van der Waals surface area contributed by atoms with E-state index in [1.54, 1.807) is 13.0 Å². The minimum atomic E-state index is -4.17. The van der Waals surface area contributed by atoms with Crippen molar-refractivity contribution in [2.24, 2.45) is 0 Å². The molecular weight excluding hydrogens is 441 g/mol. The molecule has 0 spiro atoms. The monoisotopic (exact) mass is 462 g/mol. The van der Waals surface area contributed by atoms with E-state index in [9.17, 15) is 26.9 Å². The van der Waals surface area contributed by atoms with E-state index in [4.69, 9.17) is 0 Å². The summed E-state index contributed by atoms with van der Waals surface area (Å²) in [6.07, 6.45) is 3.85. The van der Waals surface area contributed by atoms with Gasteiger partial charge in [-0.1, -0.05) is 0 Å². The number of fused-ring (bicyclic) bond motifs is 1. The number of nitrogens with one attached hydrogen (secondary N) is 1. The number of sulfonamides is 1. The molecule has 0 atom stereocenters. The minimum absolute atomic E-state index is 0.0819. The lowest BCUT2D eigenvalue weighted by Gasteiger charge is -2.30. The molecule has 0 aliphatic heterocycles. The van der Waals surface area contributed by atoms with Crippen LogP contribution in [0.2, 0.25) is 0 Å². The van der Waals surface area contributed by atoms with Gasteiger partial charge >= 0.3 is 0 Å². The molecule has 0 amide bonds. The molecule has 4 rings (SSSR count). The van der Waals surface area contributed by atoms with Gasteiger partial charge < -0.3 is 4.57 Å². The van der Waals surface area contributed by atoms with Crippen molar-refractivity contribution in [3.63, 3.8) is 0 Å². The Hall–Kier alpha value is -2.90. The number of benzene rings is 1. The summed E-state index contributed by atoms with van der Waals surface area (Å²) < 4.78 is 68.5. The molecule has 0 bridgehead atoms. The molecule has 0 radical (unpaired) electrons. The minimum Gasteiger partial charge on any atom is -0.335 e. The number of alkyl halides is 2. The summed E-state index contributed by atoms with van der Waals surface area (Å²) in [7, 11) is -4.17. The highest BCUT2D eigenvalue weighted by atomic mass is 32.2. The molecule has 0 saturated heterocycles. The number of pyridine rings is 1. The van der Waals surface area contributed by atoms with Gasteiger partial charge in [-0.3, -0.25) is 4.98 Å². The van der Waals surface area contributed by atoms with E-state index in [1.807, 2.05) is 9.29 Å². The largest absolute Gasteiger partial charge is 0.335 e. The number of nitriles is 1. The molecule has 1 N–H and O–H groups in total. The number of hydrogen-bond acceptors (Lipinski definition) is 4. The van der Waals surface area contributed by atoms with Crippen LogP contribution in [0.3, 0.4) is 0 Å². The quantitative estimate of drug-likeness (QED) is 0.566. The third kappa shape index (κ3) is 3.76. The molecule has 1 fully saturated rings. The van der Waals surface area contributed by atoms with Gasteiger partial charge in [0.05, 0.1) is 28.5 Å². The van der Waals surface area contributed by atoms with Crippen LogP contribution in [0.1, 0.15) is 36.4 Å². The molecule has 2 heterocycles. The second-order valence-electron chi connectivity index (χ2n) is 7.91. The van der Waals surface area contributed by atoms with Gasteiger partial charge in [-0.25, -0.2) is 26.3 Å². The molecule has 0 unspecified atom stereocenters. The zero-order valence-corrected chi connectivity index (χ0v) is 18.1. The summed E-state index contributed by atoms with van der Waals surface area (Å²) in [5.74, 6) is -0.373. The van der Waals surface area contributed by atoms with Crippen molar-refractivity contribution in [2.75, 3.05) is 13.3 Å². The number of hydrogen-bond donors (Lipinski definition) is 1. The van der Waals surface area contributed by atoms with E-state index in [2.05, 4.69) is 11.1 Å². The molecule has 32 heavy (non-hydrogen) atoms. The Balaban J connectivity index is 1.84. The van der Waals surface area contributed by atoms with E-state index in [0.717, 1.165) is 25.5 Å². The first-order chi connectivity index (χ1) is 15.3. The number of aryl methyl sites for hydroxylation is 1. The SMILES string of the molecule is Cc1cc2c(C#N)c(-c3ccc(S(=O)(=O)NC(CF)CF)cn3)n(C3CCC3)c2cc1F. The van der Waals surface area contributed by atoms with Crippen LogP contribution in [0.15, 0.2) is 35.4 Å². The Labute approximate surface area is 183 Å². The van der Waals surface area contributed by atoms with E-state index < -0.39 is 29.4 Å². The summed E-state index contributed by atoms with van der Waals surface area (Å²) in [5, 5.41) is 10.5. The average molecular weight is 462 g/mol. The van der Waals surface area contributed by atoms with Crippen LogP contribution in [0.4, 0.5) is 13.2 Å². The van der Waals surface area contributed by atoms with E-state index in [-0.39, 0.29) is 16.8 Å². The smallest absolute Gasteiger partial charge is 0.242 e. The van der Waals surface area contributed by atoms with Crippen LogP contribution in [0, 0.1) is 24.1 Å². The van der Waals surface area contributed by atoms with Gasteiger partial charge in [0.2, 0.25) is 10.0 Å². The highest BCUT2D eigenvalue weighted by molar-refractivity contribution is 7.89. The van der Waals surface area contributed by atoms with Crippen molar-refractivity contribution < 1.29 is 21.6 Å². The maximum Gasteiger partial charge on any atom is 0.242 e. The summed E-state index contributed by atoms with van der Waals surface area (Å²) in [6, 6.07) is 6.59. The standard InChI is InChI=1S/C22H21F3N4O2S/c1-13-7-17-18(11-26)22(29(15-3-2-4-15)21(17)8-19(13)25)20-6-5-16(12-27-20)32(30,31)28-14(9-23)10-24/h5-8,12,14-15,28H,2-4,9-10H2,1H3. The molecular formula is C22H21F3N4O2S.